The Labute approximate surface area is 115 Å². The highest BCUT2D eigenvalue weighted by Crippen LogP contribution is 2.04. The lowest BCUT2D eigenvalue weighted by Crippen LogP contribution is -2.37. The number of hydrogen-bond acceptors (Lipinski definition) is 4. The summed E-state index contributed by atoms with van der Waals surface area (Å²) in [6.45, 7) is 6.95. The van der Waals surface area contributed by atoms with E-state index in [0.717, 1.165) is 26.0 Å². The molecule has 0 aliphatic carbocycles. The maximum Gasteiger partial charge on any atom is 0.270 e. The lowest BCUT2D eigenvalue weighted by Gasteiger charge is -2.21. The molecule has 108 valence electrons. The highest BCUT2D eigenvalue weighted by Gasteiger charge is 2.15. The number of amides is 1. The highest BCUT2D eigenvalue weighted by atomic mass is 16.5. The van der Waals surface area contributed by atoms with Gasteiger partial charge in [-0.05, 0) is 32.9 Å². The van der Waals surface area contributed by atoms with Crippen molar-refractivity contribution < 1.29 is 9.53 Å². The summed E-state index contributed by atoms with van der Waals surface area (Å²) in [5, 5.41) is 2.69. The first kappa shape index (κ1) is 15.9. The van der Waals surface area contributed by atoms with Crippen molar-refractivity contribution >= 4 is 11.6 Å². The molecule has 1 heterocycles. The van der Waals surface area contributed by atoms with E-state index in [-0.39, 0.29) is 5.91 Å². The Hall–Kier alpha value is -1.20. The summed E-state index contributed by atoms with van der Waals surface area (Å²) in [5.41, 5.74) is 0.594. The molecule has 5 nitrogen and oxygen atoms in total. The molecule has 0 radical (unpaired) electrons. The second-order valence-corrected chi connectivity index (χ2v) is 4.68. The Morgan fingerprint density at radius 1 is 1.53 bits per heavy atom. The van der Waals surface area contributed by atoms with Gasteiger partial charge in [0.25, 0.3) is 5.91 Å². The fraction of sp³-hybridized carbons (Fsp3) is 0.714. The first-order chi connectivity index (χ1) is 9.17. The molecule has 19 heavy (non-hydrogen) atoms. The second-order valence-electron chi connectivity index (χ2n) is 4.68. The average molecular weight is 267 g/mol. The summed E-state index contributed by atoms with van der Waals surface area (Å²) in [5.74, 6) is -0.0996. The molecular formula is C14H25N3O2. The number of nitrogens with zero attached hydrogens (tertiary/aromatic N) is 2. The number of carbonyl (C=O) groups is 1. The van der Waals surface area contributed by atoms with Crippen molar-refractivity contribution in [2.45, 2.75) is 32.8 Å². The van der Waals surface area contributed by atoms with Crippen molar-refractivity contribution in [3.8, 4) is 0 Å². The van der Waals surface area contributed by atoms with E-state index >= 15 is 0 Å². The van der Waals surface area contributed by atoms with E-state index < -0.39 is 0 Å². The van der Waals surface area contributed by atoms with E-state index in [0.29, 0.717) is 24.9 Å². The Balaban J connectivity index is 2.36. The van der Waals surface area contributed by atoms with E-state index in [2.05, 4.69) is 22.1 Å². The lowest BCUT2D eigenvalue weighted by molar-refractivity contribution is -0.114. The zero-order chi connectivity index (χ0) is 14.1. The standard InChI is InChI=1S/C14H25N3O2/c1-4-12(19-5-2)7-10-17(3)11-13-14(18)16-9-6-8-15-13/h6,9,12H,4-5,7-8,10-11H2,1-3H3,(H,16,18). The lowest BCUT2D eigenvalue weighted by atomic mass is 10.2. The molecule has 1 atom stereocenters. The van der Waals surface area contributed by atoms with Crippen molar-refractivity contribution in [2.24, 2.45) is 4.99 Å². The van der Waals surface area contributed by atoms with E-state index in [1.165, 1.54) is 0 Å². The zero-order valence-corrected chi connectivity index (χ0v) is 12.2. The molecule has 1 amide bonds. The largest absolute Gasteiger partial charge is 0.378 e. The van der Waals surface area contributed by atoms with Gasteiger partial charge in [-0.25, -0.2) is 0 Å². The minimum Gasteiger partial charge on any atom is -0.378 e. The first-order valence-electron chi connectivity index (χ1n) is 6.96. The van der Waals surface area contributed by atoms with Crippen molar-refractivity contribution in [3.63, 3.8) is 0 Å². The van der Waals surface area contributed by atoms with Crippen LogP contribution in [-0.2, 0) is 9.53 Å². The number of ether oxygens (including phenoxy) is 1. The first-order valence-corrected chi connectivity index (χ1v) is 6.96. The number of rotatable bonds is 8. The molecule has 1 rings (SSSR count). The van der Waals surface area contributed by atoms with Crippen LogP contribution in [0.1, 0.15) is 26.7 Å². The van der Waals surface area contributed by atoms with Crippen molar-refractivity contribution in [1.82, 2.24) is 10.2 Å². The third-order valence-electron chi connectivity index (χ3n) is 3.09. The molecule has 5 heteroatoms. The fourth-order valence-electron chi connectivity index (χ4n) is 1.97. The molecule has 0 spiro atoms. The van der Waals surface area contributed by atoms with Gasteiger partial charge in [-0.2, -0.15) is 0 Å². The van der Waals surface area contributed by atoms with Crippen LogP contribution in [0.15, 0.2) is 17.3 Å². The normalized spacial score (nSPS) is 17.1. The van der Waals surface area contributed by atoms with Gasteiger partial charge in [0.15, 0.2) is 0 Å². The maximum atomic E-state index is 11.7. The molecule has 0 saturated carbocycles. The molecule has 0 bridgehead atoms. The summed E-state index contributed by atoms with van der Waals surface area (Å²) in [6.07, 6.45) is 5.80. The van der Waals surface area contributed by atoms with Crippen LogP contribution in [0.25, 0.3) is 0 Å². The van der Waals surface area contributed by atoms with E-state index in [1.807, 2.05) is 20.0 Å². The third kappa shape index (κ3) is 5.98. The molecule has 1 unspecified atom stereocenters. The van der Waals surface area contributed by atoms with Crippen LogP contribution >= 0.6 is 0 Å². The van der Waals surface area contributed by atoms with Crippen molar-refractivity contribution in [2.75, 3.05) is 33.3 Å². The predicted octanol–water partition coefficient (Wildman–Crippen LogP) is 1.21. The van der Waals surface area contributed by atoms with Crippen LogP contribution < -0.4 is 5.32 Å². The van der Waals surface area contributed by atoms with Crippen LogP contribution in [0.2, 0.25) is 0 Å². The average Bonchev–Trinajstić information content (AvgIpc) is 2.60. The van der Waals surface area contributed by atoms with Gasteiger partial charge in [0.1, 0.15) is 5.71 Å². The van der Waals surface area contributed by atoms with Crippen molar-refractivity contribution in [3.05, 3.63) is 12.3 Å². The molecule has 1 aliphatic rings. The zero-order valence-electron chi connectivity index (χ0n) is 12.2. The number of carbonyl (C=O) groups excluding carboxylic acids is 1. The summed E-state index contributed by atoms with van der Waals surface area (Å²) in [7, 11) is 2.01. The predicted molar refractivity (Wildman–Crippen MR) is 77.4 cm³/mol. The van der Waals surface area contributed by atoms with Crippen molar-refractivity contribution in [1.29, 1.82) is 0 Å². The third-order valence-corrected chi connectivity index (χ3v) is 3.09. The van der Waals surface area contributed by atoms with Gasteiger partial charge >= 0.3 is 0 Å². The van der Waals surface area contributed by atoms with Gasteiger partial charge < -0.3 is 15.0 Å². The molecule has 0 aromatic carbocycles. The monoisotopic (exact) mass is 267 g/mol. The van der Waals surface area contributed by atoms with Gasteiger partial charge in [0.05, 0.1) is 12.6 Å². The Morgan fingerprint density at radius 3 is 3.00 bits per heavy atom. The molecule has 0 fully saturated rings. The summed E-state index contributed by atoms with van der Waals surface area (Å²) >= 11 is 0. The molecule has 1 aliphatic heterocycles. The maximum absolute atomic E-state index is 11.7. The summed E-state index contributed by atoms with van der Waals surface area (Å²) in [6, 6.07) is 0. The smallest absolute Gasteiger partial charge is 0.270 e. The Kier molecular flexibility index (Phi) is 7.36. The summed E-state index contributed by atoms with van der Waals surface area (Å²) in [4.78, 5) is 18.1. The second kappa shape index (κ2) is 8.82. The summed E-state index contributed by atoms with van der Waals surface area (Å²) < 4.78 is 5.63. The Morgan fingerprint density at radius 2 is 2.32 bits per heavy atom. The van der Waals surface area contributed by atoms with Gasteiger partial charge in [0.2, 0.25) is 0 Å². The topological polar surface area (TPSA) is 53.9 Å². The van der Waals surface area contributed by atoms with Gasteiger partial charge in [-0.15, -0.1) is 0 Å². The van der Waals surface area contributed by atoms with Crippen LogP contribution in [0.3, 0.4) is 0 Å². The van der Waals surface area contributed by atoms with E-state index in [1.54, 1.807) is 6.20 Å². The van der Waals surface area contributed by atoms with E-state index in [4.69, 9.17) is 4.74 Å². The van der Waals surface area contributed by atoms with Gasteiger partial charge in [0, 0.05) is 25.9 Å². The molecule has 0 saturated heterocycles. The van der Waals surface area contributed by atoms with Gasteiger partial charge in [-0.1, -0.05) is 6.92 Å². The Bertz CT molecular complexity index is 340. The van der Waals surface area contributed by atoms with Crippen LogP contribution in [0, 0.1) is 0 Å². The van der Waals surface area contributed by atoms with Gasteiger partial charge in [-0.3, -0.25) is 9.79 Å². The van der Waals surface area contributed by atoms with Crippen LogP contribution in [0.4, 0.5) is 0 Å². The number of nitrogens with one attached hydrogen (secondary N) is 1. The quantitative estimate of drug-likeness (QED) is 0.719. The highest BCUT2D eigenvalue weighted by molar-refractivity contribution is 6.40. The minimum absolute atomic E-state index is 0.0996. The molecule has 1 N–H and O–H groups in total. The molecule has 0 aromatic rings. The number of hydrogen-bond donors (Lipinski definition) is 1. The minimum atomic E-state index is -0.0996. The molecular weight excluding hydrogens is 242 g/mol. The van der Waals surface area contributed by atoms with E-state index in [9.17, 15) is 4.79 Å². The number of aliphatic imine (C=N–C) groups is 1. The van der Waals surface area contributed by atoms with Crippen LogP contribution in [-0.4, -0.2) is 55.9 Å². The fourth-order valence-corrected chi connectivity index (χ4v) is 1.97. The van der Waals surface area contributed by atoms with Crippen LogP contribution in [0.5, 0.6) is 0 Å². The molecule has 0 aromatic heterocycles. The SMILES string of the molecule is CCOC(CC)CCN(C)CC1=NCC=CNC1=O.